The van der Waals surface area contributed by atoms with E-state index in [2.05, 4.69) is 45.7 Å². The fourth-order valence-electron chi connectivity index (χ4n) is 2.20. The molecule has 0 bridgehead atoms. The number of aliphatic hydroxyl groups is 1. The Morgan fingerprint density at radius 2 is 1.71 bits per heavy atom. The lowest BCUT2D eigenvalue weighted by Gasteiger charge is -2.23. The van der Waals surface area contributed by atoms with Gasteiger partial charge in [-0.1, -0.05) is 58.5 Å². The van der Waals surface area contributed by atoms with E-state index < -0.39 is 0 Å². The number of rotatable bonds is 6. The molecule has 0 aromatic heterocycles. The van der Waals surface area contributed by atoms with Gasteiger partial charge in [-0.05, 0) is 42.5 Å². The summed E-state index contributed by atoms with van der Waals surface area (Å²) in [6, 6.07) is 5.97. The van der Waals surface area contributed by atoms with Crippen molar-refractivity contribution in [3.8, 4) is 0 Å². The van der Waals surface area contributed by atoms with Crippen LogP contribution in [0.25, 0.3) is 0 Å². The number of halogens is 2. The molecule has 0 saturated carbocycles. The van der Waals surface area contributed by atoms with E-state index in [0.29, 0.717) is 5.92 Å². The van der Waals surface area contributed by atoms with E-state index >= 15 is 0 Å². The summed E-state index contributed by atoms with van der Waals surface area (Å²) in [6.07, 6.45) is 4.02. The highest BCUT2D eigenvalue weighted by atomic mass is 79.9. The molecule has 1 rings (SSSR count). The molecule has 0 radical (unpaired) electrons. The highest BCUT2D eigenvalue weighted by Gasteiger charge is 2.21. The van der Waals surface area contributed by atoms with Gasteiger partial charge in [0, 0.05) is 8.95 Å². The van der Waals surface area contributed by atoms with Crippen molar-refractivity contribution in [1.82, 2.24) is 0 Å². The van der Waals surface area contributed by atoms with Crippen molar-refractivity contribution < 1.29 is 5.11 Å². The van der Waals surface area contributed by atoms with Gasteiger partial charge in [0.05, 0.1) is 6.10 Å². The van der Waals surface area contributed by atoms with Gasteiger partial charge in [0.2, 0.25) is 0 Å². The zero-order chi connectivity index (χ0) is 12.8. The molecule has 0 aliphatic carbocycles. The highest BCUT2D eigenvalue weighted by Crippen LogP contribution is 2.35. The SMILES string of the molecule is CCCC(CCC)C(O)c1cc(Br)ccc1Br. The summed E-state index contributed by atoms with van der Waals surface area (Å²) in [5.41, 5.74) is 0.992. The molecule has 1 N–H and O–H groups in total. The van der Waals surface area contributed by atoms with Crippen LogP contribution in [0.1, 0.15) is 51.2 Å². The van der Waals surface area contributed by atoms with E-state index in [1.54, 1.807) is 0 Å². The molecular formula is C14H20Br2O. The van der Waals surface area contributed by atoms with Crippen LogP contribution in [0, 0.1) is 5.92 Å². The summed E-state index contributed by atoms with van der Waals surface area (Å²) < 4.78 is 2.01. The molecular weight excluding hydrogens is 344 g/mol. The van der Waals surface area contributed by atoms with Gasteiger partial charge in [-0.2, -0.15) is 0 Å². The van der Waals surface area contributed by atoms with Gasteiger partial charge < -0.3 is 5.11 Å². The quantitative estimate of drug-likeness (QED) is 0.711. The minimum atomic E-state index is -0.373. The van der Waals surface area contributed by atoms with E-state index in [9.17, 15) is 5.11 Å². The van der Waals surface area contributed by atoms with Crippen molar-refractivity contribution >= 4 is 31.9 Å². The molecule has 0 aliphatic heterocycles. The van der Waals surface area contributed by atoms with Gasteiger partial charge in [-0.25, -0.2) is 0 Å². The molecule has 0 spiro atoms. The van der Waals surface area contributed by atoms with Crippen molar-refractivity contribution in [3.05, 3.63) is 32.7 Å². The molecule has 17 heavy (non-hydrogen) atoms. The van der Waals surface area contributed by atoms with Crippen LogP contribution in [-0.4, -0.2) is 5.11 Å². The van der Waals surface area contributed by atoms with Crippen LogP contribution in [0.2, 0.25) is 0 Å². The number of aliphatic hydroxyl groups excluding tert-OH is 1. The molecule has 0 fully saturated rings. The smallest absolute Gasteiger partial charge is 0.0829 e. The molecule has 0 aliphatic rings. The maximum atomic E-state index is 10.5. The third kappa shape index (κ3) is 4.38. The lowest BCUT2D eigenvalue weighted by atomic mass is 9.88. The Labute approximate surface area is 121 Å². The van der Waals surface area contributed by atoms with Crippen molar-refractivity contribution in [2.75, 3.05) is 0 Å². The second kappa shape index (κ2) is 7.55. The van der Waals surface area contributed by atoms with Crippen molar-refractivity contribution in [1.29, 1.82) is 0 Å². The Hall–Kier alpha value is 0.140. The standard InChI is InChI=1S/C14H20Br2O/c1-3-5-10(6-4-2)14(17)12-9-11(15)7-8-13(12)16/h7-10,14,17H,3-6H2,1-2H3. The first-order valence-corrected chi connectivity index (χ1v) is 7.81. The van der Waals surface area contributed by atoms with Crippen LogP contribution < -0.4 is 0 Å². The Morgan fingerprint density at radius 3 is 2.24 bits per heavy atom. The van der Waals surface area contributed by atoms with Gasteiger partial charge in [-0.15, -0.1) is 0 Å². The number of hydrogen-bond acceptors (Lipinski definition) is 1. The van der Waals surface area contributed by atoms with Crippen LogP contribution >= 0.6 is 31.9 Å². The average Bonchev–Trinajstić information content (AvgIpc) is 2.31. The second-order valence-corrected chi connectivity index (χ2v) is 6.22. The summed E-state index contributed by atoms with van der Waals surface area (Å²) in [5.74, 6) is 0.357. The molecule has 0 heterocycles. The monoisotopic (exact) mass is 362 g/mol. The maximum Gasteiger partial charge on any atom is 0.0829 e. The molecule has 3 heteroatoms. The summed E-state index contributed by atoms with van der Waals surface area (Å²) in [5, 5.41) is 10.5. The third-order valence-electron chi connectivity index (χ3n) is 3.04. The predicted octanol–water partition coefficient (Wildman–Crippen LogP) is 5.46. The molecule has 1 unspecified atom stereocenters. The minimum Gasteiger partial charge on any atom is -0.388 e. The first-order valence-electron chi connectivity index (χ1n) is 6.23. The number of hydrogen-bond donors (Lipinski definition) is 1. The van der Waals surface area contributed by atoms with E-state index in [4.69, 9.17) is 0 Å². The molecule has 1 aromatic carbocycles. The van der Waals surface area contributed by atoms with Crippen LogP contribution in [0.3, 0.4) is 0 Å². The first kappa shape index (κ1) is 15.2. The van der Waals surface area contributed by atoms with E-state index in [0.717, 1.165) is 40.2 Å². The van der Waals surface area contributed by atoms with E-state index in [1.165, 1.54) is 0 Å². The fourth-order valence-corrected chi connectivity index (χ4v) is 3.06. The third-order valence-corrected chi connectivity index (χ3v) is 4.26. The molecule has 96 valence electrons. The van der Waals surface area contributed by atoms with Crippen LogP contribution in [-0.2, 0) is 0 Å². The molecule has 0 saturated heterocycles. The Morgan fingerprint density at radius 1 is 1.12 bits per heavy atom. The lowest BCUT2D eigenvalue weighted by Crippen LogP contribution is -2.13. The Kier molecular flexibility index (Phi) is 6.75. The predicted molar refractivity (Wildman–Crippen MR) is 80.1 cm³/mol. The zero-order valence-corrected chi connectivity index (χ0v) is 13.6. The zero-order valence-electron chi connectivity index (χ0n) is 10.4. The Balaban J connectivity index is 2.91. The van der Waals surface area contributed by atoms with Gasteiger partial charge in [0.1, 0.15) is 0 Å². The molecule has 1 aromatic rings. The van der Waals surface area contributed by atoms with Gasteiger partial charge in [-0.3, -0.25) is 0 Å². The maximum absolute atomic E-state index is 10.5. The largest absolute Gasteiger partial charge is 0.388 e. The second-order valence-electron chi connectivity index (χ2n) is 4.45. The van der Waals surface area contributed by atoms with Crippen molar-refractivity contribution in [2.24, 2.45) is 5.92 Å². The summed E-state index contributed by atoms with van der Waals surface area (Å²) in [6.45, 7) is 4.34. The molecule has 1 atom stereocenters. The minimum absolute atomic E-state index is 0.357. The van der Waals surface area contributed by atoms with Gasteiger partial charge in [0.25, 0.3) is 0 Å². The van der Waals surface area contributed by atoms with Crippen LogP contribution in [0.5, 0.6) is 0 Å². The fraction of sp³-hybridized carbons (Fsp3) is 0.571. The van der Waals surface area contributed by atoms with E-state index in [1.807, 2.05) is 18.2 Å². The molecule has 0 amide bonds. The Bertz CT molecular complexity index is 346. The normalized spacial score (nSPS) is 13.1. The summed E-state index contributed by atoms with van der Waals surface area (Å²) in [7, 11) is 0. The average molecular weight is 364 g/mol. The van der Waals surface area contributed by atoms with Crippen molar-refractivity contribution in [2.45, 2.75) is 45.6 Å². The van der Waals surface area contributed by atoms with Crippen LogP contribution in [0.4, 0.5) is 0 Å². The van der Waals surface area contributed by atoms with Crippen LogP contribution in [0.15, 0.2) is 27.1 Å². The van der Waals surface area contributed by atoms with E-state index in [-0.39, 0.29) is 6.10 Å². The van der Waals surface area contributed by atoms with Gasteiger partial charge in [0.15, 0.2) is 0 Å². The van der Waals surface area contributed by atoms with Crippen molar-refractivity contribution in [3.63, 3.8) is 0 Å². The summed E-state index contributed by atoms with van der Waals surface area (Å²) in [4.78, 5) is 0. The first-order chi connectivity index (χ1) is 8.10. The molecule has 1 nitrogen and oxygen atoms in total. The van der Waals surface area contributed by atoms with Gasteiger partial charge >= 0.3 is 0 Å². The number of benzene rings is 1. The highest BCUT2D eigenvalue weighted by molar-refractivity contribution is 9.11. The topological polar surface area (TPSA) is 20.2 Å². The summed E-state index contributed by atoms with van der Waals surface area (Å²) >= 11 is 6.98. The lowest BCUT2D eigenvalue weighted by molar-refractivity contribution is 0.0958.